The first-order chi connectivity index (χ1) is 8.65. The summed E-state index contributed by atoms with van der Waals surface area (Å²) >= 11 is 6.14. The third kappa shape index (κ3) is 1.91. The first kappa shape index (κ1) is 11.7. The number of rotatable bonds is 1. The second kappa shape index (κ2) is 4.37. The maximum atomic E-state index is 13.3. The molecule has 2 heterocycles. The minimum Gasteiger partial charge on any atom is -0.327 e. The number of imidazole rings is 1. The van der Waals surface area contributed by atoms with E-state index in [0.717, 1.165) is 36.5 Å². The number of benzene rings is 1. The van der Waals surface area contributed by atoms with E-state index in [2.05, 4.69) is 4.98 Å². The maximum absolute atomic E-state index is 13.3. The molecule has 1 aliphatic heterocycles. The van der Waals surface area contributed by atoms with Gasteiger partial charge in [0.1, 0.15) is 11.6 Å². The minimum absolute atomic E-state index is 0.132. The number of fused-ring (bicyclic) bond motifs is 1. The molecule has 0 bridgehead atoms. The highest BCUT2D eigenvalue weighted by Crippen LogP contribution is 2.29. The van der Waals surface area contributed by atoms with Crippen molar-refractivity contribution in [2.24, 2.45) is 5.73 Å². The molecule has 3 nitrogen and oxygen atoms in total. The molecule has 94 valence electrons. The largest absolute Gasteiger partial charge is 0.327 e. The third-order valence-electron chi connectivity index (χ3n) is 3.29. The van der Waals surface area contributed by atoms with Gasteiger partial charge in [0.05, 0.1) is 5.69 Å². The predicted molar refractivity (Wildman–Crippen MR) is 68.9 cm³/mol. The summed E-state index contributed by atoms with van der Waals surface area (Å²) in [7, 11) is 0. The average Bonchev–Trinajstić information content (AvgIpc) is 2.67. The first-order valence-corrected chi connectivity index (χ1v) is 6.29. The smallest absolute Gasteiger partial charge is 0.151 e. The molecule has 5 heteroatoms. The lowest BCUT2D eigenvalue weighted by Crippen LogP contribution is -2.30. The van der Waals surface area contributed by atoms with E-state index in [9.17, 15) is 4.39 Å². The van der Waals surface area contributed by atoms with Gasteiger partial charge in [-0.1, -0.05) is 23.7 Å². The molecule has 0 radical (unpaired) electrons. The van der Waals surface area contributed by atoms with E-state index >= 15 is 0 Å². The second-order valence-electron chi connectivity index (χ2n) is 4.59. The van der Waals surface area contributed by atoms with Crippen molar-refractivity contribution in [3.8, 4) is 11.4 Å². The molecule has 1 aliphatic rings. The third-order valence-corrected chi connectivity index (χ3v) is 3.59. The summed E-state index contributed by atoms with van der Waals surface area (Å²) in [5, 5.41) is 0.476. The van der Waals surface area contributed by atoms with Crippen LogP contribution in [0.1, 0.15) is 12.1 Å². The van der Waals surface area contributed by atoms with Gasteiger partial charge < -0.3 is 10.3 Å². The fourth-order valence-corrected chi connectivity index (χ4v) is 2.64. The van der Waals surface area contributed by atoms with Crippen LogP contribution in [-0.4, -0.2) is 15.6 Å². The lowest BCUT2D eigenvalue weighted by molar-refractivity contribution is 0.474. The Balaban J connectivity index is 2.11. The minimum atomic E-state index is -0.270. The summed E-state index contributed by atoms with van der Waals surface area (Å²) in [6.45, 7) is 0.780. The lowest BCUT2D eigenvalue weighted by Gasteiger charge is -2.22. The van der Waals surface area contributed by atoms with E-state index in [4.69, 9.17) is 17.3 Å². The van der Waals surface area contributed by atoms with Gasteiger partial charge in [0.2, 0.25) is 0 Å². The van der Waals surface area contributed by atoms with Gasteiger partial charge in [-0.3, -0.25) is 0 Å². The van der Waals surface area contributed by atoms with E-state index in [1.165, 1.54) is 12.1 Å². The fourth-order valence-electron chi connectivity index (χ4n) is 2.39. The van der Waals surface area contributed by atoms with E-state index in [0.29, 0.717) is 5.15 Å². The molecule has 0 amide bonds. The molecular formula is C13H13ClFN3. The quantitative estimate of drug-likeness (QED) is 0.861. The molecule has 1 aromatic carbocycles. The van der Waals surface area contributed by atoms with E-state index in [1.54, 1.807) is 6.07 Å². The van der Waals surface area contributed by atoms with Crippen molar-refractivity contribution in [2.75, 3.05) is 0 Å². The standard InChI is InChI=1S/C13H13ClFN3/c14-12-11-7-10(16)4-5-18(11)13(17-12)8-2-1-3-9(15)6-8/h1-3,6,10H,4-5,7,16H2. The van der Waals surface area contributed by atoms with Gasteiger partial charge in [-0.15, -0.1) is 0 Å². The van der Waals surface area contributed by atoms with Crippen molar-refractivity contribution in [1.82, 2.24) is 9.55 Å². The highest BCUT2D eigenvalue weighted by molar-refractivity contribution is 6.30. The summed E-state index contributed by atoms with van der Waals surface area (Å²) in [5.41, 5.74) is 7.63. The van der Waals surface area contributed by atoms with Crippen LogP contribution in [0.5, 0.6) is 0 Å². The number of halogens is 2. The van der Waals surface area contributed by atoms with Crippen LogP contribution in [0.25, 0.3) is 11.4 Å². The molecule has 2 aromatic rings. The normalized spacial score (nSPS) is 18.7. The van der Waals surface area contributed by atoms with Crippen LogP contribution in [0.15, 0.2) is 24.3 Å². The van der Waals surface area contributed by atoms with Crippen LogP contribution >= 0.6 is 11.6 Å². The van der Waals surface area contributed by atoms with Gasteiger partial charge >= 0.3 is 0 Å². The van der Waals surface area contributed by atoms with Crippen LogP contribution in [0.2, 0.25) is 5.15 Å². The molecule has 0 saturated heterocycles. The van der Waals surface area contributed by atoms with Crippen molar-refractivity contribution in [3.63, 3.8) is 0 Å². The first-order valence-electron chi connectivity index (χ1n) is 5.91. The number of aromatic nitrogens is 2. The lowest BCUT2D eigenvalue weighted by atomic mass is 10.1. The number of nitrogens with two attached hydrogens (primary N) is 1. The summed E-state index contributed by atoms with van der Waals surface area (Å²) in [5.74, 6) is 0.454. The molecular weight excluding hydrogens is 253 g/mol. The average molecular weight is 266 g/mol. The number of hydrogen-bond donors (Lipinski definition) is 1. The van der Waals surface area contributed by atoms with E-state index in [-0.39, 0.29) is 11.9 Å². The molecule has 1 aromatic heterocycles. The van der Waals surface area contributed by atoms with Crippen molar-refractivity contribution in [3.05, 3.63) is 40.9 Å². The highest BCUT2D eigenvalue weighted by Gasteiger charge is 2.23. The Labute approximate surface area is 109 Å². The van der Waals surface area contributed by atoms with Gasteiger partial charge in [0.15, 0.2) is 5.15 Å². The van der Waals surface area contributed by atoms with Crippen LogP contribution in [0.3, 0.4) is 0 Å². The van der Waals surface area contributed by atoms with Gasteiger partial charge in [-0.05, 0) is 18.6 Å². The molecule has 0 fully saturated rings. The van der Waals surface area contributed by atoms with E-state index in [1.807, 2.05) is 10.6 Å². The molecule has 1 atom stereocenters. The zero-order chi connectivity index (χ0) is 12.7. The van der Waals surface area contributed by atoms with Gasteiger partial charge in [-0.2, -0.15) is 0 Å². The van der Waals surface area contributed by atoms with E-state index < -0.39 is 0 Å². The van der Waals surface area contributed by atoms with Gasteiger partial charge in [0, 0.05) is 24.6 Å². The molecule has 0 saturated carbocycles. The highest BCUT2D eigenvalue weighted by atomic mass is 35.5. The van der Waals surface area contributed by atoms with Gasteiger partial charge in [0.25, 0.3) is 0 Å². The predicted octanol–water partition coefficient (Wildman–Crippen LogP) is 2.62. The summed E-state index contributed by atoms with van der Waals surface area (Å²) in [4.78, 5) is 4.34. The monoisotopic (exact) mass is 265 g/mol. The van der Waals surface area contributed by atoms with Crippen LogP contribution in [0, 0.1) is 5.82 Å². The number of hydrogen-bond acceptors (Lipinski definition) is 2. The molecule has 0 spiro atoms. The van der Waals surface area contributed by atoms with Crippen molar-refractivity contribution in [2.45, 2.75) is 25.4 Å². The Hall–Kier alpha value is -1.39. The molecule has 3 rings (SSSR count). The van der Waals surface area contributed by atoms with Crippen molar-refractivity contribution < 1.29 is 4.39 Å². The Kier molecular flexibility index (Phi) is 2.84. The van der Waals surface area contributed by atoms with Gasteiger partial charge in [-0.25, -0.2) is 9.37 Å². The topological polar surface area (TPSA) is 43.8 Å². The summed E-state index contributed by atoms with van der Waals surface area (Å²) in [6.07, 6.45) is 1.61. The molecule has 18 heavy (non-hydrogen) atoms. The van der Waals surface area contributed by atoms with Crippen LogP contribution in [0.4, 0.5) is 4.39 Å². The SMILES string of the molecule is NC1CCn2c(-c3cccc(F)c3)nc(Cl)c2C1. The van der Waals surface area contributed by atoms with Crippen molar-refractivity contribution in [1.29, 1.82) is 0 Å². The molecule has 2 N–H and O–H groups in total. The Bertz CT molecular complexity index is 594. The van der Waals surface area contributed by atoms with Crippen molar-refractivity contribution >= 4 is 11.6 Å². The van der Waals surface area contributed by atoms with Crippen LogP contribution < -0.4 is 5.73 Å². The second-order valence-corrected chi connectivity index (χ2v) is 4.95. The molecule has 0 aliphatic carbocycles. The zero-order valence-electron chi connectivity index (χ0n) is 9.74. The zero-order valence-corrected chi connectivity index (χ0v) is 10.5. The number of nitrogens with zero attached hydrogens (tertiary/aromatic N) is 2. The maximum Gasteiger partial charge on any atom is 0.151 e. The summed E-state index contributed by atoms with van der Waals surface area (Å²) < 4.78 is 15.3. The molecule has 1 unspecified atom stereocenters. The Morgan fingerprint density at radius 3 is 3.06 bits per heavy atom. The summed E-state index contributed by atoms with van der Waals surface area (Å²) in [6, 6.07) is 6.53. The Morgan fingerprint density at radius 2 is 2.28 bits per heavy atom. The van der Waals surface area contributed by atoms with Crippen LogP contribution in [-0.2, 0) is 13.0 Å². The Morgan fingerprint density at radius 1 is 1.44 bits per heavy atom. The fraction of sp³-hybridized carbons (Fsp3) is 0.308.